The van der Waals surface area contributed by atoms with E-state index < -0.39 is 0 Å². The third-order valence-corrected chi connectivity index (χ3v) is 5.42. The highest BCUT2D eigenvalue weighted by Gasteiger charge is 2.33. The van der Waals surface area contributed by atoms with Gasteiger partial charge in [0.15, 0.2) is 0 Å². The van der Waals surface area contributed by atoms with Gasteiger partial charge in [-0.1, -0.05) is 12.1 Å². The summed E-state index contributed by atoms with van der Waals surface area (Å²) in [5.41, 5.74) is 3.21. The van der Waals surface area contributed by atoms with Crippen LogP contribution in [0.15, 0.2) is 47.4 Å². The summed E-state index contributed by atoms with van der Waals surface area (Å²) in [6.45, 7) is 2.82. The van der Waals surface area contributed by atoms with E-state index in [1.807, 2.05) is 40.7 Å². The second-order valence-electron chi connectivity index (χ2n) is 6.06. The molecule has 1 aliphatic heterocycles. The normalized spacial score (nSPS) is 19.3. The Kier molecular flexibility index (Phi) is 3.65. The maximum atomic E-state index is 13.1. The van der Waals surface area contributed by atoms with Crippen LogP contribution in [0.4, 0.5) is 0 Å². The molecule has 4 nitrogen and oxygen atoms in total. The van der Waals surface area contributed by atoms with Gasteiger partial charge in [0.2, 0.25) is 5.91 Å². The molecule has 23 heavy (non-hydrogen) atoms. The summed E-state index contributed by atoms with van der Waals surface area (Å²) in [5.74, 6) is 0.182. The van der Waals surface area contributed by atoms with Crippen LogP contribution in [-0.2, 0) is 4.79 Å². The van der Waals surface area contributed by atoms with Crippen molar-refractivity contribution in [1.29, 1.82) is 0 Å². The van der Waals surface area contributed by atoms with Gasteiger partial charge >= 0.3 is 0 Å². The standard InChI is InChI=1S/C18H19N3OS/c1-13(21-12-19-15-5-2-3-6-17(15)21)18(22)20-9-4-7-16(20)14-8-10-23-11-14/h2-3,5-6,8,10-13,16H,4,7,9H2,1H3/t13-,16-/m0/s1. The molecule has 0 spiro atoms. The third-order valence-electron chi connectivity index (χ3n) is 4.72. The van der Waals surface area contributed by atoms with E-state index in [-0.39, 0.29) is 18.0 Å². The lowest BCUT2D eigenvalue weighted by atomic mass is 10.1. The number of carbonyl (C=O) groups excluding carboxylic acids is 1. The number of imidazole rings is 1. The maximum absolute atomic E-state index is 13.1. The Morgan fingerprint density at radius 3 is 3.04 bits per heavy atom. The molecule has 2 aromatic heterocycles. The van der Waals surface area contributed by atoms with E-state index in [0.29, 0.717) is 0 Å². The lowest BCUT2D eigenvalue weighted by Crippen LogP contribution is -2.35. The summed E-state index contributed by atoms with van der Waals surface area (Å²) in [5, 5.41) is 4.25. The second kappa shape index (κ2) is 5.81. The highest BCUT2D eigenvalue weighted by atomic mass is 32.1. The second-order valence-corrected chi connectivity index (χ2v) is 6.84. The van der Waals surface area contributed by atoms with Crippen LogP contribution >= 0.6 is 11.3 Å². The Bertz CT molecular complexity index is 824. The summed E-state index contributed by atoms with van der Waals surface area (Å²) in [6.07, 6.45) is 3.91. The molecule has 1 aliphatic rings. The molecular weight excluding hydrogens is 306 g/mol. The SMILES string of the molecule is C[C@@H](C(=O)N1CCC[C@H]1c1ccsc1)n1cnc2ccccc21. The van der Waals surface area contributed by atoms with Gasteiger partial charge in [0.25, 0.3) is 0 Å². The number of fused-ring (bicyclic) bond motifs is 1. The Hall–Kier alpha value is -2.14. The fourth-order valence-electron chi connectivity index (χ4n) is 3.49. The quantitative estimate of drug-likeness (QED) is 0.729. The number of likely N-dealkylation sites (tertiary alicyclic amines) is 1. The molecule has 2 atom stereocenters. The molecule has 1 aromatic carbocycles. The van der Waals surface area contributed by atoms with E-state index >= 15 is 0 Å². The molecule has 5 heteroatoms. The van der Waals surface area contributed by atoms with Gasteiger partial charge in [-0.05, 0) is 54.3 Å². The van der Waals surface area contributed by atoms with Crippen molar-refractivity contribution in [3.8, 4) is 0 Å². The van der Waals surface area contributed by atoms with Crippen LogP contribution in [0.1, 0.15) is 37.4 Å². The number of rotatable bonds is 3. The number of amides is 1. The van der Waals surface area contributed by atoms with Crippen molar-refractivity contribution in [3.05, 3.63) is 53.0 Å². The van der Waals surface area contributed by atoms with E-state index in [1.54, 1.807) is 17.7 Å². The number of carbonyl (C=O) groups is 1. The van der Waals surface area contributed by atoms with Crippen molar-refractivity contribution >= 4 is 28.3 Å². The molecule has 0 radical (unpaired) electrons. The first kappa shape index (κ1) is 14.5. The van der Waals surface area contributed by atoms with Crippen LogP contribution in [0.25, 0.3) is 11.0 Å². The first-order chi connectivity index (χ1) is 11.3. The smallest absolute Gasteiger partial charge is 0.245 e. The van der Waals surface area contributed by atoms with Crippen molar-refractivity contribution in [2.75, 3.05) is 6.54 Å². The predicted molar refractivity (Wildman–Crippen MR) is 92.5 cm³/mol. The van der Waals surface area contributed by atoms with Crippen LogP contribution in [0.5, 0.6) is 0 Å². The predicted octanol–water partition coefficient (Wildman–Crippen LogP) is 4.02. The van der Waals surface area contributed by atoms with E-state index in [2.05, 4.69) is 21.8 Å². The van der Waals surface area contributed by atoms with E-state index in [4.69, 9.17) is 0 Å². The summed E-state index contributed by atoms with van der Waals surface area (Å²) < 4.78 is 1.99. The molecule has 3 heterocycles. The monoisotopic (exact) mass is 325 g/mol. The van der Waals surface area contributed by atoms with Gasteiger partial charge in [-0.2, -0.15) is 11.3 Å². The van der Waals surface area contributed by atoms with Crippen molar-refractivity contribution in [3.63, 3.8) is 0 Å². The Labute approximate surface area is 139 Å². The van der Waals surface area contributed by atoms with Crippen LogP contribution in [-0.4, -0.2) is 26.9 Å². The summed E-state index contributed by atoms with van der Waals surface area (Å²) in [4.78, 5) is 19.5. The van der Waals surface area contributed by atoms with Gasteiger partial charge in [-0.3, -0.25) is 4.79 Å². The highest BCUT2D eigenvalue weighted by Crippen LogP contribution is 2.35. The van der Waals surface area contributed by atoms with Gasteiger partial charge in [0.1, 0.15) is 6.04 Å². The lowest BCUT2D eigenvalue weighted by molar-refractivity contribution is -0.135. The molecule has 3 aromatic rings. The fraction of sp³-hybridized carbons (Fsp3) is 0.333. The number of nitrogens with zero attached hydrogens (tertiary/aromatic N) is 3. The van der Waals surface area contributed by atoms with E-state index in [1.165, 1.54) is 5.56 Å². The Balaban J connectivity index is 1.63. The minimum absolute atomic E-state index is 0.182. The first-order valence-electron chi connectivity index (χ1n) is 8.00. The number of aromatic nitrogens is 2. The summed E-state index contributed by atoms with van der Waals surface area (Å²) in [6, 6.07) is 10.1. The highest BCUT2D eigenvalue weighted by molar-refractivity contribution is 7.08. The van der Waals surface area contributed by atoms with Crippen molar-refractivity contribution in [1.82, 2.24) is 14.5 Å². The number of hydrogen-bond donors (Lipinski definition) is 0. The van der Waals surface area contributed by atoms with Crippen molar-refractivity contribution in [2.45, 2.75) is 31.8 Å². The Morgan fingerprint density at radius 2 is 2.22 bits per heavy atom. The van der Waals surface area contributed by atoms with E-state index in [9.17, 15) is 4.79 Å². The van der Waals surface area contributed by atoms with Gasteiger partial charge in [-0.25, -0.2) is 4.98 Å². The molecule has 0 unspecified atom stereocenters. The first-order valence-corrected chi connectivity index (χ1v) is 8.94. The van der Waals surface area contributed by atoms with Gasteiger partial charge in [0.05, 0.1) is 23.4 Å². The fourth-order valence-corrected chi connectivity index (χ4v) is 4.19. The molecule has 0 N–H and O–H groups in total. The zero-order chi connectivity index (χ0) is 15.8. The average Bonchev–Trinajstić information content (AvgIpc) is 3.31. The number of thiophene rings is 1. The molecular formula is C18H19N3OS. The van der Waals surface area contributed by atoms with Crippen LogP contribution in [0.2, 0.25) is 0 Å². The average molecular weight is 325 g/mol. The van der Waals surface area contributed by atoms with Gasteiger partial charge in [-0.15, -0.1) is 0 Å². The van der Waals surface area contributed by atoms with Crippen LogP contribution < -0.4 is 0 Å². The third kappa shape index (κ3) is 2.45. The van der Waals surface area contributed by atoms with E-state index in [0.717, 1.165) is 30.4 Å². The number of benzene rings is 1. The molecule has 1 saturated heterocycles. The number of hydrogen-bond acceptors (Lipinski definition) is 3. The molecule has 1 amide bonds. The number of para-hydroxylation sites is 2. The van der Waals surface area contributed by atoms with Crippen molar-refractivity contribution in [2.24, 2.45) is 0 Å². The summed E-state index contributed by atoms with van der Waals surface area (Å²) >= 11 is 1.70. The molecule has 0 saturated carbocycles. The van der Waals surface area contributed by atoms with Gasteiger partial charge in [0, 0.05) is 6.54 Å². The van der Waals surface area contributed by atoms with Crippen molar-refractivity contribution < 1.29 is 4.79 Å². The van der Waals surface area contributed by atoms with Gasteiger partial charge < -0.3 is 9.47 Å². The Morgan fingerprint density at radius 1 is 1.35 bits per heavy atom. The molecule has 4 rings (SSSR count). The molecule has 0 bridgehead atoms. The topological polar surface area (TPSA) is 38.1 Å². The molecule has 118 valence electrons. The molecule has 1 fully saturated rings. The largest absolute Gasteiger partial charge is 0.334 e. The minimum atomic E-state index is -0.235. The van der Waals surface area contributed by atoms with Crippen LogP contribution in [0.3, 0.4) is 0 Å². The molecule has 0 aliphatic carbocycles. The minimum Gasteiger partial charge on any atom is -0.334 e. The maximum Gasteiger partial charge on any atom is 0.245 e. The summed E-state index contributed by atoms with van der Waals surface area (Å²) in [7, 11) is 0. The zero-order valence-corrected chi connectivity index (χ0v) is 13.9. The van der Waals surface area contributed by atoms with Crippen LogP contribution in [0, 0.1) is 0 Å². The zero-order valence-electron chi connectivity index (χ0n) is 13.1. The lowest BCUT2D eigenvalue weighted by Gasteiger charge is -2.28.